The highest BCUT2D eigenvalue weighted by Crippen LogP contribution is 2.34. The average Bonchev–Trinajstić information content (AvgIpc) is 2.73. The van der Waals surface area contributed by atoms with Gasteiger partial charge in [-0.1, -0.05) is 6.07 Å². The third-order valence-corrected chi connectivity index (χ3v) is 4.60. The number of Topliss-reactive ketones (excluding diaryl/α,β-unsaturated/α-hetero) is 1. The van der Waals surface area contributed by atoms with Crippen molar-refractivity contribution in [2.75, 3.05) is 6.67 Å². The highest BCUT2D eigenvalue weighted by molar-refractivity contribution is 5.97. The van der Waals surface area contributed by atoms with Gasteiger partial charge in [0.15, 0.2) is 5.78 Å². The number of aromatic nitrogens is 1. The molecular formula is C21H17F3N4O2. The van der Waals surface area contributed by atoms with Crippen molar-refractivity contribution in [3.05, 3.63) is 76.1 Å². The number of benzene rings is 1. The molecular weight excluding hydrogens is 397 g/mol. The fourth-order valence-electron chi connectivity index (χ4n) is 3.23. The van der Waals surface area contributed by atoms with Crippen molar-refractivity contribution in [1.82, 2.24) is 4.98 Å². The SMILES string of the molecule is C[C@@]1(c2cc(CC(=O)c3ncc(C#N)cc3CF)ccc2F)C=C(CF)OC(N)=N1. The maximum absolute atomic E-state index is 14.6. The number of amidine groups is 1. The first-order chi connectivity index (χ1) is 14.3. The minimum Gasteiger partial charge on any atom is -0.428 e. The highest BCUT2D eigenvalue weighted by Gasteiger charge is 2.32. The lowest BCUT2D eigenvalue weighted by atomic mass is 9.88. The monoisotopic (exact) mass is 414 g/mol. The summed E-state index contributed by atoms with van der Waals surface area (Å²) in [5.74, 6) is -1.22. The van der Waals surface area contributed by atoms with Crippen molar-refractivity contribution in [1.29, 1.82) is 5.26 Å². The summed E-state index contributed by atoms with van der Waals surface area (Å²) in [6.45, 7) is -0.367. The molecule has 9 heteroatoms. The molecule has 1 aliphatic rings. The molecule has 0 saturated heterocycles. The minimum atomic E-state index is -1.33. The number of hydrogen-bond donors (Lipinski definition) is 1. The third-order valence-electron chi connectivity index (χ3n) is 4.60. The van der Waals surface area contributed by atoms with E-state index in [1.165, 1.54) is 37.4 Å². The summed E-state index contributed by atoms with van der Waals surface area (Å²) in [7, 11) is 0. The topological polar surface area (TPSA) is 101 Å². The number of carbonyl (C=O) groups is 1. The van der Waals surface area contributed by atoms with Crippen LogP contribution >= 0.6 is 0 Å². The number of nitriles is 1. The highest BCUT2D eigenvalue weighted by atomic mass is 19.1. The lowest BCUT2D eigenvalue weighted by molar-refractivity contribution is 0.0986. The molecule has 30 heavy (non-hydrogen) atoms. The van der Waals surface area contributed by atoms with Crippen LogP contribution in [0.2, 0.25) is 0 Å². The molecule has 154 valence electrons. The molecule has 1 aromatic carbocycles. The van der Waals surface area contributed by atoms with Crippen LogP contribution in [0.4, 0.5) is 13.2 Å². The summed E-state index contributed by atoms with van der Waals surface area (Å²) >= 11 is 0. The van der Waals surface area contributed by atoms with Crippen LogP contribution in [0, 0.1) is 17.1 Å². The van der Waals surface area contributed by atoms with Crippen molar-refractivity contribution in [2.45, 2.75) is 25.6 Å². The van der Waals surface area contributed by atoms with Crippen LogP contribution in [-0.4, -0.2) is 23.5 Å². The predicted molar refractivity (Wildman–Crippen MR) is 102 cm³/mol. The van der Waals surface area contributed by atoms with Crippen LogP contribution in [0.25, 0.3) is 0 Å². The van der Waals surface area contributed by atoms with Gasteiger partial charge in [0.1, 0.15) is 42.2 Å². The zero-order valence-electron chi connectivity index (χ0n) is 16.0. The number of rotatable bonds is 6. The lowest BCUT2D eigenvalue weighted by Crippen LogP contribution is -2.31. The van der Waals surface area contributed by atoms with E-state index in [9.17, 15) is 18.0 Å². The van der Waals surface area contributed by atoms with Crippen LogP contribution in [-0.2, 0) is 23.4 Å². The molecule has 1 atom stereocenters. The van der Waals surface area contributed by atoms with Crippen LogP contribution in [0.1, 0.15) is 39.7 Å². The van der Waals surface area contributed by atoms with Crippen molar-refractivity contribution in [2.24, 2.45) is 10.7 Å². The Bertz CT molecular complexity index is 1110. The number of nitrogens with zero attached hydrogens (tertiary/aromatic N) is 3. The molecule has 0 amide bonds. The Balaban J connectivity index is 1.95. The largest absolute Gasteiger partial charge is 0.428 e. The number of aliphatic imine (C=N–C) groups is 1. The molecule has 1 aliphatic heterocycles. The summed E-state index contributed by atoms with van der Waals surface area (Å²) in [4.78, 5) is 20.6. The standard InChI is InChI=1S/C21H17F3N4O2/c1-21(7-15(9-23)30-20(26)28-21)16-5-12(2-3-17(16)24)6-18(29)19-14(8-22)4-13(10-25)11-27-19/h2-5,7,11H,6,8-9H2,1H3,(H2,26,28)/t21-/m0/s1. The molecule has 0 radical (unpaired) electrons. The van der Waals surface area contributed by atoms with E-state index < -0.39 is 30.5 Å². The second-order valence-electron chi connectivity index (χ2n) is 6.84. The van der Waals surface area contributed by atoms with Crippen molar-refractivity contribution < 1.29 is 22.7 Å². The zero-order valence-corrected chi connectivity index (χ0v) is 16.0. The first-order valence-corrected chi connectivity index (χ1v) is 8.87. The molecule has 0 saturated carbocycles. The van der Waals surface area contributed by atoms with Gasteiger partial charge < -0.3 is 10.5 Å². The fraction of sp³-hybridized carbons (Fsp3) is 0.238. The van der Waals surface area contributed by atoms with Gasteiger partial charge in [-0.05, 0) is 36.8 Å². The number of allylic oxidation sites excluding steroid dienone is 1. The van der Waals surface area contributed by atoms with Gasteiger partial charge >= 0.3 is 0 Å². The van der Waals surface area contributed by atoms with Gasteiger partial charge in [-0.15, -0.1) is 0 Å². The molecule has 2 heterocycles. The first-order valence-electron chi connectivity index (χ1n) is 8.87. The summed E-state index contributed by atoms with van der Waals surface area (Å²) in [6.07, 6.45) is 2.31. The number of nitrogens with two attached hydrogens (primary N) is 1. The number of ketones is 1. The third kappa shape index (κ3) is 4.17. The van der Waals surface area contributed by atoms with E-state index in [-0.39, 0.29) is 40.6 Å². The Kier molecular flexibility index (Phi) is 5.87. The fourth-order valence-corrected chi connectivity index (χ4v) is 3.23. The molecule has 0 fully saturated rings. The van der Waals surface area contributed by atoms with E-state index in [2.05, 4.69) is 9.98 Å². The Morgan fingerprint density at radius 2 is 2.07 bits per heavy atom. The molecule has 0 aliphatic carbocycles. The van der Waals surface area contributed by atoms with Crippen molar-refractivity contribution >= 4 is 11.8 Å². The number of halogens is 3. The molecule has 3 rings (SSSR count). The molecule has 2 aromatic rings. The van der Waals surface area contributed by atoms with Gasteiger partial charge in [0.05, 0.1) is 5.56 Å². The average molecular weight is 414 g/mol. The van der Waals surface area contributed by atoms with Crippen molar-refractivity contribution in [3.8, 4) is 6.07 Å². The molecule has 2 N–H and O–H groups in total. The van der Waals surface area contributed by atoms with Crippen LogP contribution in [0.3, 0.4) is 0 Å². The first kappa shape index (κ1) is 21.0. The summed E-state index contributed by atoms with van der Waals surface area (Å²) in [5.41, 5.74) is 4.80. The molecule has 1 aromatic heterocycles. The van der Waals surface area contributed by atoms with Gasteiger partial charge in [0.2, 0.25) is 0 Å². The van der Waals surface area contributed by atoms with Crippen LogP contribution < -0.4 is 5.73 Å². The van der Waals surface area contributed by atoms with Gasteiger partial charge in [0.25, 0.3) is 6.02 Å². The Morgan fingerprint density at radius 3 is 2.73 bits per heavy atom. The van der Waals surface area contributed by atoms with Gasteiger partial charge in [0, 0.05) is 23.7 Å². The van der Waals surface area contributed by atoms with Gasteiger partial charge in [-0.25, -0.2) is 18.2 Å². The van der Waals surface area contributed by atoms with E-state index in [4.69, 9.17) is 15.7 Å². The second kappa shape index (κ2) is 8.37. The Morgan fingerprint density at radius 1 is 1.30 bits per heavy atom. The number of ether oxygens (including phenoxy) is 1. The second-order valence-corrected chi connectivity index (χ2v) is 6.84. The van der Waals surface area contributed by atoms with E-state index in [1.807, 2.05) is 6.07 Å². The van der Waals surface area contributed by atoms with E-state index in [1.54, 1.807) is 0 Å². The zero-order chi connectivity index (χ0) is 21.9. The molecule has 0 unspecified atom stereocenters. The maximum atomic E-state index is 14.6. The Hall–Kier alpha value is -3.67. The minimum absolute atomic E-state index is 0.00525. The molecule has 0 bridgehead atoms. The van der Waals surface area contributed by atoms with E-state index in [0.717, 1.165) is 6.07 Å². The smallest absolute Gasteiger partial charge is 0.288 e. The predicted octanol–water partition coefficient (Wildman–Crippen LogP) is 3.40. The summed E-state index contributed by atoms with van der Waals surface area (Å²) < 4.78 is 45.9. The van der Waals surface area contributed by atoms with Gasteiger partial charge in [-0.3, -0.25) is 9.78 Å². The number of hydrogen-bond acceptors (Lipinski definition) is 6. The lowest BCUT2D eigenvalue weighted by Gasteiger charge is -2.28. The molecule has 0 spiro atoms. The number of carbonyl (C=O) groups excluding carboxylic acids is 1. The number of alkyl halides is 2. The normalized spacial score (nSPS) is 18.1. The van der Waals surface area contributed by atoms with E-state index >= 15 is 0 Å². The molecule has 6 nitrogen and oxygen atoms in total. The van der Waals surface area contributed by atoms with Crippen LogP contribution in [0.15, 0.2) is 47.3 Å². The summed E-state index contributed by atoms with van der Waals surface area (Å²) in [5, 5.41) is 8.89. The maximum Gasteiger partial charge on any atom is 0.288 e. The van der Waals surface area contributed by atoms with Crippen molar-refractivity contribution in [3.63, 3.8) is 0 Å². The number of pyridine rings is 1. The van der Waals surface area contributed by atoms with Crippen LogP contribution in [0.5, 0.6) is 0 Å². The quantitative estimate of drug-likeness (QED) is 0.730. The van der Waals surface area contributed by atoms with Gasteiger partial charge in [-0.2, -0.15) is 5.26 Å². The summed E-state index contributed by atoms with van der Waals surface area (Å²) in [6, 6.07) is 6.78. The Labute approximate surface area is 170 Å². The van der Waals surface area contributed by atoms with E-state index in [0.29, 0.717) is 5.56 Å².